The molecule has 1 rings (SSSR count). The molecule has 0 atom stereocenters. The van der Waals surface area contributed by atoms with E-state index in [-0.39, 0.29) is 0 Å². The summed E-state index contributed by atoms with van der Waals surface area (Å²) >= 11 is 6.17. The Morgan fingerprint density at radius 1 is 1.50 bits per heavy atom. The van der Waals surface area contributed by atoms with Gasteiger partial charge >= 0.3 is 0 Å². The molecule has 0 aromatic carbocycles. The Morgan fingerprint density at radius 2 is 2.14 bits per heavy atom. The zero-order chi connectivity index (χ0) is 10.4. The third kappa shape index (κ3) is 3.00. The Labute approximate surface area is 90.8 Å². The number of hydrogen-bond acceptors (Lipinski definition) is 3. The van der Waals surface area contributed by atoms with Gasteiger partial charge in [-0.1, -0.05) is 18.5 Å². The normalized spacial score (nSPS) is 20.1. The molecule has 0 aliphatic carbocycles. The van der Waals surface area contributed by atoms with Crippen LogP contribution in [0.15, 0.2) is 15.7 Å². The fourth-order valence-corrected chi connectivity index (χ4v) is 1.70. The number of rotatable bonds is 3. The van der Waals surface area contributed by atoms with E-state index in [9.17, 15) is 0 Å². The lowest BCUT2D eigenvalue weighted by atomic mass is 10.2. The molecule has 0 amide bonds. The van der Waals surface area contributed by atoms with Crippen molar-refractivity contribution < 1.29 is 0 Å². The van der Waals surface area contributed by atoms with Gasteiger partial charge in [-0.2, -0.15) is 0 Å². The number of hydrogen-bond donors (Lipinski definition) is 1. The Hall–Kier alpha value is -0.540. The summed E-state index contributed by atoms with van der Waals surface area (Å²) in [4.78, 5) is 6.34. The number of allylic oxidation sites excluding steroid dienone is 2. The summed E-state index contributed by atoms with van der Waals surface area (Å²) in [5.41, 5.74) is 1.08. The van der Waals surface area contributed by atoms with E-state index in [0.29, 0.717) is 0 Å². The van der Waals surface area contributed by atoms with Gasteiger partial charge < -0.3 is 10.2 Å². The molecule has 0 bridgehead atoms. The highest BCUT2D eigenvalue weighted by atomic mass is 35.5. The Balaban J connectivity index is 2.75. The van der Waals surface area contributed by atoms with Crippen molar-refractivity contribution in [1.82, 2.24) is 10.2 Å². The summed E-state index contributed by atoms with van der Waals surface area (Å²) in [7, 11) is 1.78. The van der Waals surface area contributed by atoms with Crippen LogP contribution < -0.4 is 5.32 Å². The first-order valence-corrected chi connectivity index (χ1v) is 5.43. The maximum atomic E-state index is 6.17. The van der Waals surface area contributed by atoms with Crippen molar-refractivity contribution in [3.63, 3.8) is 0 Å². The predicted molar refractivity (Wildman–Crippen MR) is 62.0 cm³/mol. The van der Waals surface area contributed by atoms with E-state index in [1.807, 2.05) is 6.21 Å². The molecule has 1 N–H and O–H groups in total. The number of nitrogens with one attached hydrogen (secondary N) is 1. The van der Waals surface area contributed by atoms with Gasteiger partial charge in [-0.3, -0.25) is 4.99 Å². The van der Waals surface area contributed by atoms with Gasteiger partial charge in [-0.15, -0.1) is 0 Å². The zero-order valence-electron chi connectivity index (χ0n) is 8.89. The summed E-state index contributed by atoms with van der Waals surface area (Å²) < 4.78 is 0. The van der Waals surface area contributed by atoms with Gasteiger partial charge in [0.1, 0.15) is 0 Å². The summed E-state index contributed by atoms with van der Waals surface area (Å²) in [5.74, 6) is 0. The van der Waals surface area contributed by atoms with E-state index < -0.39 is 0 Å². The predicted octanol–water partition coefficient (Wildman–Crippen LogP) is 1.45. The SMILES string of the molecule is CC/C(Cl)=C(\C=NC)N1CCNCC1. The summed E-state index contributed by atoms with van der Waals surface area (Å²) in [6.07, 6.45) is 2.73. The number of aliphatic imine (C=N–C) groups is 1. The number of halogens is 1. The molecular weight excluding hydrogens is 198 g/mol. The van der Waals surface area contributed by atoms with Gasteiger partial charge in [0.2, 0.25) is 0 Å². The molecule has 0 saturated carbocycles. The van der Waals surface area contributed by atoms with Crippen LogP contribution in [-0.4, -0.2) is 44.3 Å². The van der Waals surface area contributed by atoms with Crippen LogP contribution >= 0.6 is 11.6 Å². The molecule has 1 saturated heterocycles. The topological polar surface area (TPSA) is 27.6 Å². The molecule has 1 aliphatic heterocycles. The molecule has 0 aromatic rings. The van der Waals surface area contributed by atoms with Gasteiger partial charge in [0.05, 0.1) is 5.70 Å². The lowest BCUT2D eigenvalue weighted by Crippen LogP contribution is -2.43. The molecule has 0 spiro atoms. The lowest BCUT2D eigenvalue weighted by Gasteiger charge is -2.30. The van der Waals surface area contributed by atoms with Crippen LogP contribution in [0.2, 0.25) is 0 Å². The maximum absolute atomic E-state index is 6.17. The van der Waals surface area contributed by atoms with E-state index in [1.165, 1.54) is 0 Å². The molecule has 3 nitrogen and oxygen atoms in total. The Kier molecular flexibility index (Phi) is 4.98. The van der Waals surface area contributed by atoms with Gasteiger partial charge in [0.25, 0.3) is 0 Å². The third-order valence-electron chi connectivity index (χ3n) is 2.30. The van der Waals surface area contributed by atoms with Crippen LogP contribution in [-0.2, 0) is 0 Å². The molecule has 4 heteroatoms. The fraction of sp³-hybridized carbons (Fsp3) is 0.700. The average molecular weight is 216 g/mol. The van der Waals surface area contributed by atoms with E-state index in [4.69, 9.17) is 11.6 Å². The molecule has 1 aliphatic rings. The highest BCUT2D eigenvalue weighted by Crippen LogP contribution is 2.16. The third-order valence-corrected chi connectivity index (χ3v) is 2.76. The van der Waals surface area contributed by atoms with Crippen LogP contribution in [0.25, 0.3) is 0 Å². The lowest BCUT2D eigenvalue weighted by molar-refractivity contribution is 0.311. The van der Waals surface area contributed by atoms with Gasteiger partial charge in [-0.25, -0.2) is 0 Å². The van der Waals surface area contributed by atoms with Gasteiger partial charge in [0.15, 0.2) is 0 Å². The van der Waals surface area contributed by atoms with Crippen LogP contribution in [0, 0.1) is 0 Å². The van der Waals surface area contributed by atoms with E-state index in [1.54, 1.807) is 7.05 Å². The molecule has 0 aromatic heterocycles. The molecule has 80 valence electrons. The summed E-state index contributed by atoms with van der Waals surface area (Å²) in [6.45, 7) is 6.13. The highest BCUT2D eigenvalue weighted by Gasteiger charge is 2.13. The first kappa shape index (κ1) is 11.5. The van der Waals surface area contributed by atoms with E-state index in [2.05, 4.69) is 22.1 Å². The molecule has 0 unspecified atom stereocenters. The zero-order valence-corrected chi connectivity index (χ0v) is 9.64. The Morgan fingerprint density at radius 3 is 2.64 bits per heavy atom. The summed E-state index contributed by atoms with van der Waals surface area (Å²) in [5, 5.41) is 4.22. The first-order valence-electron chi connectivity index (χ1n) is 5.06. The molecule has 1 fully saturated rings. The maximum Gasteiger partial charge on any atom is 0.0695 e. The summed E-state index contributed by atoms with van der Waals surface area (Å²) in [6, 6.07) is 0. The van der Waals surface area contributed by atoms with Crippen molar-refractivity contribution in [2.75, 3.05) is 33.2 Å². The second-order valence-electron chi connectivity index (χ2n) is 3.27. The van der Waals surface area contributed by atoms with Crippen molar-refractivity contribution in [2.24, 2.45) is 4.99 Å². The minimum Gasteiger partial charge on any atom is -0.367 e. The minimum atomic E-state index is 0.868. The van der Waals surface area contributed by atoms with Crippen molar-refractivity contribution in [1.29, 1.82) is 0 Å². The van der Waals surface area contributed by atoms with E-state index in [0.717, 1.165) is 43.3 Å². The second kappa shape index (κ2) is 6.04. The van der Waals surface area contributed by atoms with Crippen LogP contribution in [0.3, 0.4) is 0 Å². The van der Waals surface area contributed by atoms with Crippen molar-refractivity contribution >= 4 is 17.8 Å². The quantitative estimate of drug-likeness (QED) is 0.722. The number of nitrogens with zero attached hydrogens (tertiary/aromatic N) is 2. The molecule has 1 heterocycles. The fourth-order valence-electron chi connectivity index (χ4n) is 1.53. The van der Waals surface area contributed by atoms with Gasteiger partial charge in [-0.05, 0) is 6.42 Å². The van der Waals surface area contributed by atoms with E-state index >= 15 is 0 Å². The van der Waals surface area contributed by atoms with Crippen molar-refractivity contribution in [2.45, 2.75) is 13.3 Å². The van der Waals surface area contributed by atoms with Crippen molar-refractivity contribution in [3.8, 4) is 0 Å². The van der Waals surface area contributed by atoms with Crippen LogP contribution in [0.1, 0.15) is 13.3 Å². The minimum absolute atomic E-state index is 0.868. The number of piperazine rings is 1. The molecule has 0 radical (unpaired) electrons. The second-order valence-corrected chi connectivity index (χ2v) is 3.72. The van der Waals surface area contributed by atoms with Crippen LogP contribution in [0.5, 0.6) is 0 Å². The molecular formula is C10H18ClN3. The van der Waals surface area contributed by atoms with Crippen molar-refractivity contribution in [3.05, 3.63) is 10.7 Å². The molecule has 14 heavy (non-hydrogen) atoms. The highest BCUT2D eigenvalue weighted by molar-refractivity contribution is 6.31. The first-order chi connectivity index (χ1) is 6.79. The average Bonchev–Trinajstić information content (AvgIpc) is 2.26. The Bertz CT molecular complexity index is 230. The monoisotopic (exact) mass is 215 g/mol. The van der Waals surface area contributed by atoms with Crippen LogP contribution in [0.4, 0.5) is 0 Å². The smallest absolute Gasteiger partial charge is 0.0695 e. The van der Waals surface area contributed by atoms with Gasteiger partial charge in [0, 0.05) is 44.5 Å². The standard InChI is InChI=1S/C10H18ClN3/c1-3-9(11)10(8-12-2)14-6-4-13-5-7-14/h8,13H,3-7H2,1-2H3/b10-9-,12-8?. The largest absolute Gasteiger partial charge is 0.367 e.